The molecule has 0 saturated heterocycles. The second kappa shape index (κ2) is 7.92. The Kier molecular flexibility index (Phi) is 5.42. The van der Waals surface area contributed by atoms with E-state index in [1.54, 1.807) is 17.5 Å². The van der Waals surface area contributed by atoms with Crippen LogP contribution in [-0.2, 0) is 4.79 Å². The third-order valence-electron chi connectivity index (χ3n) is 3.42. The Morgan fingerprint density at radius 2 is 1.84 bits per heavy atom. The highest BCUT2D eigenvalue weighted by Gasteiger charge is 2.15. The maximum Gasteiger partial charge on any atom is 0.272 e. The van der Waals surface area contributed by atoms with E-state index in [2.05, 4.69) is 10.6 Å². The van der Waals surface area contributed by atoms with Gasteiger partial charge in [-0.15, -0.1) is 11.3 Å². The molecule has 4 nitrogen and oxygen atoms in total. The van der Waals surface area contributed by atoms with Crippen molar-refractivity contribution in [3.05, 3.63) is 80.3 Å². The zero-order valence-corrected chi connectivity index (χ0v) is 15.1. The van der Waals surface area contributed by atoms with Crippen molar-refractivity contribution in [2.75, 3.05) is 5.32 Å². The van der Waals surface area contributed by atoms with Gasteiger partial charge in [0.2, 0.25) is 0 Å². The third kappa shape index (κ3) is 4.65. The summed E-state index contributed by atoms with van der Waals surface area (Å²) < 4.78 is 0. The summed E-state index contributed by atoms with van der Waals surface area (Å²) in [6.45, 7) is 1.98. The number of anilines is 1. The molecule has 2 aromatic heterocycles. The fourth-order valence-corrected chi connectivity index (χ4v) is 3.39. The molecule has 0 spiro atoms. The molecule has 1 aromatic carbocycles. The maximum atomic E-state index is 12.6. The first-order chi connectivity index (χ1) is 12.1. The van der Waals surface area contributed by atoms with Crippen molar-refractivity contribution in [3.63, 3.8) is 0 Å². The van der Waals surface area contributed by atoms with Gasteiger partial charge in [-0.3, -0.25) is 9.59 Å². The second-order valence-electron chi connectivity index (χ2n) is 5.36. The summed E-state index contributed by atoms with van der Waals surface area (Å²) in [4.78, 5) is 25.9. The molecular weight excluding hydrogens is 352 g/mol. The van der Waals surface area contributed by atoms with Crippen LogP contribution < -0.4 is 10.6 Å². The maximum absolute atomic E-state index is 12.6. The Labute approximate surface area is 153 Å². The Balaban J connectivity index is 1.81. The lowest BCUT2D eigenvalue weighted by molar-refractivity contribution is -0.113. The van der Waals surface area contributed by atoms with Gasteiger partial charge in [0.1, 0.15) is 5.70 Å². The molecule has 0 aliphatic heterocycles. The molecule has 3 aromatic rings. The quantitative estimate of drug-likeness (QED) is 0.650. The van der Waals surface area contributed by atoms with Gasteiger partial charge in [-0.2, -0.15) is 11.3 Å². The Morgan fingerprint density at radius 1 is 1.04 bits per heavy atom. The SMILES string of the molecule is Cc1ccc(NC(=O)/C(=C\c2cccs2)NC(=O)c2ccsc2)cc1. The molecule has 6 heteroatoms. The topological polar surface area (TPSA) is 58.2 Å². The standard InChI is InChI=1S/C19H16N2O2S2/c1-13-4-6-15(7-5-13)20-19(23)17(11-16-3-2-9-25-16)21-18(22)14-8-10-24-12-14/h2-12H,1H3,(H,20,23)(H,21,22)/b17-11+. The monoisotopic (exact) mass is 368 g/mol. The number of amides is 2. The summed E-state index contributed by atoms with van der Waals surface area (Å²) in [7, 11) is 0. The molecule has 2 heterocycles. The average molecular weight is 368 g/mol. The van der Waals surface area contributed by atoms with Crippen molar-refractivity contribution in [3.8, 4) is 0 Å². The predicted molar refractivity (Wildman–Crippen MR) is 104 cm³/mol. The zero-order valence-electron chi connectivity index (χ0n) is 13.5. The summed E-state index contributed by atoms with van der Waals surface area (Å²) >= 11 is 2.93. The Bertz CT molecular complexity index is 880. The van der Waals surface area contributed by atoms with Crippen molar-refractivity contribution in [1.29, 1.82) is 0 Å². The summed E-state index contributed by atoms with van der Waals surface area (Å²) in [6.07, 6.45) is 1.68. The molecule has 0 aliphatic rings. The zero-order chi connectivity index (χ0) is 17.6. The molecule has 2 N–H and O–H groups in total. The fraction of sp³-hybridized carbons (Fsp3) is 0.0526. The van der Waals surface area contributed by atoms with E-state index in [1.807, 2.05) is 54.1 Å². The van der Waals surface area contributed by atoms with Gasteiger partial charge in [0, 0.05) is 15.9 Å². The number of benzene rings is 1. The molecule has 0 saturated carbocycles. The van der Waals surface area contributed by atoms with Crippen LogP contribution in [0.3, 0.4) is 0 Å². The van der Waals surface area contributed by atoms with Gasteiger partial charge >= 0.3 is 0 Å². The first kappa shape index (κ1) is 17.1. The van der Waals surface area contributed by atoms with Crippen molar-refractivity contribution in [2.45, 2.75) is 6.92 Å². The summed E-state index contributed by atoms with van der Waals surface area (Å²) in [6, 6.07) is 13.0. The van der Waals surface area contributed by atoms with Gasteiger partial charge in [-0.05, 0) is 48.0 Å². The lowest BCUT2D eigenvalue weighted by Gasteiger charge is -2.10. The molecule has 3 rings (SSSR count). The Morgan fingerprint density at radius 3 is 2.48 bits per heavy atom. The highest BCUT2D eigenvalue weighted by Crippen LogP contribution is 2.15. The van der Waals surface area contributed by atoms with Crippen molar-refractivity contribution in [1.82, 2.24) is 5.32 Å². The van der Waals surface area contributed by atoms with Crippen LogP contribution >= 0.6 is 22.7 Å². The molecule has 0 bridgehead atoms. The van der Waals surface area contributed by atoms with Crippen LogP contribution in [0.15, 0.2) is 64.3 Å². The number of hydrogen-bond acceptors (Lipinski definition) is 4. The van der Waals surface area contributed by atoms with Gasteiger partial charge in [-0.25, -0.2) is 0 Å². The van der Waals surface area contributed by atoms with E-state index in [9.17, 15) is 9.59 Å². The van der Waals surface area contributed by atoms with Gasteiger partial charge in [0.05, 0.1) is 5.56 Å². The van der Waals surface area contributed by atoms with Crippen LogP contribution in [-0.4, -0.2) is 11.8 Å². The van der Waals surface area contributed by atoms with Gasteiger partial charge in [0.25, 0.3) is 11.8 Å². The van der Waals surface area contributed by atoms with E-state index < -0.39 is 0 Å². The molecule has 0 aliphatic carbocycles. The normalized spacial score (nSPS) is 11.2. The van der Waals surface area contributed by atoms with Gasteiger partial charge in [-0.1, -0.05) is 23.8 Å². The summed E-state index contributed by atoms with van der Waals surface area (Å²) in [5, 5.41) is 11.0. The number of nitrogens with one attached hydrogen (secondary N) is 2. The van der Waals surface area contributed by atoms with Crippen LogP contribution in [0.1, 0.15) is 20.8 Å². The van der Waals surface area contributed by atoms with E-state index in [1.165, 1.54) is 22.7 Å². The van der Waals surface area contributed by atoms with Crippen LogP contribution in [0.5, 0.6) is 0 Å². The molecular formula is C19H16N2O2S2. The van der Waals surface area contributed by atoms with Gasteiger partial charge in [0.15, 0.2) is 0 Å². The fourth-order valence-electron chi connectivity index (χ4n) is 2.10. The van der Waals surface area contributed by atoms with E-state index >= 15 is 0 Å². The summed E-state index contributed by atoms with van der Waals surface area (Å²) in [5.41, 5.74) is 2.53. The molecule has 0 unspecified atom stereocenters. The summed E-state index contributed by atoms with van der Waals surface area (Å²) in [5.74, 6) is -0.663. The first-order valence-electron chi connectivity index (χ1n) is 7.58. The third-order valence-corrected chi connectivity index (χ3v) is 4.92. The van der Waals surface area contributed by atoms with E-state index in [4.69, 9.17) is 0 Å². The van der Waals surface area contributed by atoms with Crippen LogP contribution in [0.4, 0.5) is 5.69 Å². The number of carbonyl (C=O) groups excluding carboxylic acids is 2. The molecule has 126 valence electrons. The molecule has 0 radical (unpaired) electrons. The molecule has 25 heavy (non-hydrogen) atoms. The largest absolute Gasteiger partial charge is 0.321 e. The van der Waals surface area contributed by atoms with Crippen LogP contribution in [0.2, 0.25) is 0 Å². The minimum Gasteiger partial charge on any atom is -0.321 e. The first-order valence-corrected chi connectivity index (χ1v) is 9.41. The second-order valence-corrected chi connectivity index (χ2v) is 7.12. The van der Waals surface area contributed by atoms with E-state index in [0.29, 0.717) is 11.3 Å². The highest BCUT2D eigenvalue weighted by atomic mass is 32.1. The molecule has 0 atom stereocenters. The van der Waals surface area contributed by atoms with E-state index in [-0.39, 0.29) is 17.5 Å². The lowest BCUT2D eigenvalue weighted by Crippen LogP contribution is -2.30. The lowest BCUT2D eigenvalue weighted by atomic mass is 10.2. The number of aryl methyl sites for hydroxylation is 1. The van der Waals surface area contributed by atoms with Crippen LogP contribution in [0, 0.1) is 6.92 Å². The number of carbonyl (C=O) groups is 2. The van der Waals surface area contributed by atoms with Crippen LogP contribution in [0.25, 0.3) is 6.08 Å². The average Bonchev–Trinajstić information content (AvgIpc) is 3.29. The highest BCUT2D eigenvalue weighted by molar-refractivity contribution is 7.10. The Hall–Kier alpha value is -2.70. The van der Waals surface area contributed by atoms with Crippen molar-refractivity contribution >= 4 is 46.3 Å². The van der Waals surface area contributed by atoms with Gasteiger partial charge < -0.3 is 10.6 Å². The van der Waals surface area contributed by atoms with Crippen molar-refractivity contribution in [2.24, 2.45) is 0 Å². The van der Waals surface area contributed by atoms with E-state index in [0.717, 1.165) is 10.4 Å². The minimum absolute atomic E-state index is 0.208. The molecule has 2 amide bonds. The number of hydrogen-bond donors (Lipinski definition) is 2. The predicted octanol–water partition coefficient (Wildman–Crippen LogP) is 4.53. The number of rotatable bonds is 5. The van der Waals surface area contributed by atoms with Crippen molar-refractivity contribution < 1.29 is 9.59 Å². The minimum atomic E-state index is -0.360. The molecule has 0 fully saturated rings. The smallest absolute Gasteiger partial charge is 0.272 e. The number of thiophene rings is 2.